The van der Waals surface area contributed by atoms with Crippen molar-refractivity contribution < 1.29 is 14.3 Å². The standard InChI is InChI=1S/C20H21BrN2O3/c21-16-11-15(12-22-13-16)20(25)26-14-19(24)23(17-7-3-1-4-8-17)18-9-5-2-6-10-18/h1,3-4,7-8,11-13,18H,2,5-6,9-10,14H2. The maximum Gasteiger partial charge on any atom is 0.340 e. The van der Waals surface area contributed by atoms with Crippen molar-refractivity contribution in [3.63, 3.8) is 0 Å². The molecule has 136 valence electrons. The summed E-state index contributed by atoms with van der Waals surface area (Å²) in [6.07, 6.45) is 8.40. The number of nitrogens with zero attached hydrogens (tertiary/aromatic N) is 2. The lowest BCUT2D eigenvalue weighted by Gasteiger charge is -2.34. The van der Waals surface area contributed by atoms with E-state index in [0.717, 1.165) is 31.4 Å². The molecule has 1 aliphatic carbocycles. The van der Waals surface area contributed by atoms with Crippen LogP contribution in [-0.4, -0.2) is 29.5 Å². The van der Waals surface area contributed by atoms with Gasteiger partial charge in [-0.15, -0.1) is 0 Å². The molecule has 1 heterocycles. The fourth-order valence-electron chi connectivity index (χ4n) is 3.29. The van der Waals surface area contributed by atoms with E-state index >= 15 is 0 Å². The van der Waals surface area contributed by atoms with Gasteiger partial charge in [0.25, 0.3) is 5.91 Å². The molecule has 0 aliphatic heterocycles. The zero-order chi connectivity index (χ0) is 18.4. The number of para-hydroxylation sites is 1. The summed E-state index contributed by atoms with van der Waals surface area (Å²) >= 11 is 3.27. The Labute approximate surface area is 161 Å². The highest BCUT2D eigenvalue weighted by Gasteiger charge is 2.27. The molecule has 1 amide bonds. The normalized spacial score (nSPS) is 14.7. The average molecular weight is 417 g/mol. The van der Waals surface area contributed by atoms with Gasteiger partial charge in [-0.1, -0.05) is 37.5 Å². The van der Waals surface area contributed by atoms with E-state index in [1.165, 1.54) is 12.6 Å². The lowest BCUT2D eigenvalue weighted by atomic mass is 9.93. The fourth-order valence-corrected chi connectivity index (χ4v) is 3.65. The van der Waals surface area contributed by atoms with Gasteiger partial charge in [-0.2, -0.15) is 0 Å². The van der Waals surface area contributed by atoms with E-state index in [0.29, 0.717) is 10.0 Å². The van der Waals surface area contributed by atoms with Gasteiger partial charge in [-0.05, 0) is 47.0 Å². The number of rotatable bonds is 5. The van der Waals surface area contributed by atoms with Crippen LogP contribution in [0.3, 0.4) is 0 Å². The first kappa shape index (κ1) is 18.6. The Balaban J connectivity index is 1.70. The Hall–Kier alpha value is -2.21. The number of esters is 1. The Morgan fingerprint density at radius 2 is 1.85 bits per heavy atom. The van der Waals surface area contributed by atoms with Crippen molar-refractivity contribution >= 4 is 33.5 Å². The molecule has 0 bridgehead atoms. The number of aromatic nitrogens is 1. The summed E-state index contributed by atoms with van der Waals surface area (Å²) in [5, 5.41) is 0. The topological polar surface area (TPSA) is 59.5 Å². The van der Waals surface area contributed by atoms with Gasteiger partial charge in [0.15, 0.2) is 6.61 Å². The lowest BCUT2D eigenvalue weighted by Crippen LogP contribution is -2.43. The molecular weight excluding hydrogens is 396 g/mol. The maximum atomic E-state index is 12.9. The number of benzene rings is 1. The minimum atomic E-state index is -0.552. The smallest absolute Gasteiger partial charge is 0.340 e. The second kappa shape index (κ2) is 8.94. The number of pyridine rings is 1. The molecule has 1 saturated carbocycles. The third kappa shape index (κ3) is 4.69. The third-order valence-corrected chi connectivity index (χ3v) is 4.94. The molecule has 0 radical (unpaired) electrons. The molecule has 5 nitrogen and oxygen atoms in total. The summed E-state index contributed by atoms with van der Waals surface area (Å²) in [5.74, 6) is -0.747. The first-order valence-corrected chi connectivity index (χ1v) is 9.59. The maximum absolute atomic E-state index is 12.9. The Morgan fingerprint density at radius 1 is 1.12 bits per heavy atom. The van der Waals surface area contributed by atoms with Gasteiger partial charge in [-0.25, -0.2) is 4.79 Å². The van der Waals surface area contributed by atoms with E-state index in [-0.39, 0.29) is 18.6 Å². The highest BCUT2D eigenvalue weighted by molar-refractivity contribution is 9.10. The van der Waals surface area contributed by atoms with E-state index < -0.39 is 5.97 Å². The van der Waals surface area contributed by atoms with E-state index in [9.17, 15) is 9.59 Å². The van der Waals surface area contributed by atoms with Crippen molar-refractivity contribution in [1.82, 2.24) is 4.98 Å². The van der Waals surface area contributed by atoms with Crippen molar-refractivity contribution in [3.8, 4) is 0 Å². The lowest BCUT2D eigenvalue weighted by molar-refractivity contribution is -0.122. The minimum Gasteiger partial charge on any atom is -0.452 e. The second-order valence-electron chi connectivity index (χ2n) is 6.36. The summed E-state index contributed by atoms with van der Waals surface area (Å²) in [5.41, 5.74) is 1.17. The summed E-state index contributed by atoms with van der Waals surface area (Å²) < 4.78 is 5.93. The fraction of sp³-hybridized carbons (Fsp3) is 0.350. The van der Waals surface area contributed by atoms with Gasteiger partial charge in [0.1, 0.15) is 0 Å². The average Bonchev–Trinajstić information content (AvgIpc) is 2.68. The highest BCUT2D eigenvalue weighted by atomic mass is 79.9. The number of anilines is 1. The highest BCUT2D eigenvalue weighted by Crippen LogP contribution is 2.27. The van der Waals surface area contributed by atoms with E-state index in [2.05, 4.69) is 20.9 Å². The van der Waals surface area contributed by atoms with Crippen LogP contribution >= 0.6 is 15.9 Å². The molecule has 0 spiro atoms. The second-order valence-corrected chi connectivity index (χ2v) is 7.27. The van der Waals surface area contributed by atoms with Crippen molar-refractivity contribution in [1.29, 1.82) is 0 Å². The van der Waals surface area contributed by atoms with Gasteiger partial charge >= 0.3 is 5.97 Å². The molecule has 0 N–H and O–H groups in total. The Bertz CT molecular complexity index is 761. The number of ether oxygens (including phenoxy) is 1. The van der Waals surface area contributed by atoms with Gasteiger partial charge in [0.05, 0.1) is 5.56 Å². The van der Waals surface area contributed by atoms with Gasteiger partial charge in [0, 0.05) is 28.6 Å². The number of halogens is 1. The van der Waals surface area contributed by atoms with Crippen LogP contribution in [0.5, 0.6) is 0 Å². The van der Waals surface area contributed by atoms with Crippen molar-refractivity contribution in [2.24, 2.45) is 0 Å². The zero-order valence-electron chi connectivity index (χ0n) is 14.4. The molecule has 3 rings (SSSR count). The molecule has 1 aliphatic rings. The molecular formula is C20H21BrN2O3. The SMILES string of the molecule is O=C(OCC(=O)N(c1ccccc1)C1CCCCC1)c1cncc(Br)c1. The van der Waals surface area contributed by atoms with Crippen LogP contribution in [0.25, 0.3) is 0 Å². The Kier molecular flexibility index (Phi) is 6.39. The molecule has 6 heteroatoms. The van der Waals surface area contributed by atoms with Crippen LogP contribution in [0.4, 0.5) is 5.69 Å². The van der Waals surface area contributed by atoms with Crippen molar-refractivity contribution in [2.45, 2.75) is 38.1 Å². The van der Waals surface area contributed by atoms with Crippen LogP contribution in [0, 0.1) is 0 Å². The van der Waals surface area contributed by atoms with E-state index in [4.69, 9.17) is 4.74 Å². The van der Waals surface area contributed by atoms with Crippen molar-refractivity contribution in [3.05, 3.63) is 58.8 Å². The Morgan fingerprint density at radius 3 is 2.54 bits per heavy atom. The van der Waals surface area contributed by atoms with Crippen LogP contribution in [0.1, 0.15) is 42.5 Å². The number of carbonyl (C=O) groups is 2. The molecule has 0 unspecified atom stereocenters. The van der Waals surface area contributed by atoms with Crippen LogP contribution in [0.2, 0.25) is 0 Å². The summed E-state index contributed by atoms with van der Waals surface area (Å²) in [6.45, 7) is -0.281. The summed E-state index contributed by atoms with van der Waals surface area (Å²) in [4.78, 5) is 30.8. The number of hydrogen-bond donors (Lipinski definition) is 0. The van der Waals surface area contributed by atoms with E-state index in [1.807, 2.05) is 30.3 Å². The van der Waals surface area contributed by atoms with E-state index in [1.54, 1.807) is 17.2 Å². The van der Waals surface area contributed by atoms with Gasteiger partial charge < -0.3 is 9.64 Å². The third-order valence-electron chi connectivity index (χ3n) is 4.51. The quantitative estimate of drug-likeness (QED) is 0.678. The van der Waals surface area contributed by atoms with Gasteiger partial charge in [-0.3, -0.25) is 9.78 Å². The first-order chi connectivity index (χ1) is 12.6. The summed E-state index contributed by atoms with van der Waals surface area (Å²) in [7, 11) is 0. The molecule has 1 aromatic carbocycles. The van der Waals surface area contributed by atoms with Crippen LogP contribution in [-0.2, 0) is 9.53 Å². The number of carbonyl (C=O) groups excluding carboxylic acids is 2. The molecule has 0 atom stereocenters. The van der Waals surface area contributed by atoms with Crippen LogP contribution < -0.4 is 4.90 Å². The molecule has 0 saturated heterocycles. The van der Waals surface area contributed by atoms with Gasteiger partial charge in [0.2, 0.25) is 0 Å². The monoisotopic (exact) mass is 416 g/mol. The number of hydrogen-bond acceptors (Lipinski definition) is 4. The predicted octanol–water partition coefficient (Wildman–Crippen LogP) is 4.37. The molecule has 1 aromatic heterocycles. The molecule has 2 aromatic rings. The van der Waals surface area contributed by atoms with Crippen LogP contribution in [0.15, 0.2) is 53.3 Å². The predicted molar refractivity (Wildman–Crippen MR) is 103 cm³/mol. The minimum absolute atomic E-state index is 0.157. The first-order valence-electron chi connectivity index (χ1n) is 8.80. The molecule has 26 heavy (non-hydrogen) atoms. The largest absolute Gasteiger partial charge is 0.452 e. The zero-order valence-corrected chi connectivity index (χ0v) is 16.0. The summed E-state index contributed by atoms with van der Waals surface area (Å²) in [6, 6.07) is 11.4. The number of amides is 1. The molecule has 1 fully saturated rings. The van der Waals surface area contributed by atoms with Crippen molar-refractivity contribution in [2.75, 3.05) is 11.5 Å².